The normalized spacial score (nSPS) is 13.4. The highest BCUT2D eigenvalue weighted by Crippen LogP contribution is 2.23. The lowest BCUT2D eigenvalue weighted by Crippen LogP contribution is -2.46. The summed E-state index contributed by atoms with van der Waals surface area (Å²) in [5.74, 6) is -0.358. The number of aliphatic hydroxyl groups excluding tert-OH is 1. The molecule has 0 heterocycles. The third kappa shape index (κ3) is 7.33. The Bertz CT molecular complexity index is 636. The Balaban J connectivity index is 2.91. The van der Waals surface area contributed by atoms with Gasteiger partial charge in [0.15, 0.2) is 0 Å². The number of rotatable bonds is 6. The van der Waals surface area contributed by atoms with Gasteiger partial charge in [-0.15, -0.1) is 0 Å². The molecule has 0 aromatic heterocycles. The smallest absolute Gasteiger partial charge is 0.308 e. The summed E-state index contributed by atoms with van der Waals surface area (Å²) in [4.78, 5) is 26.7. The second kappa shape index (κ2) is 8.87. The highest BCUT2D eigenvalue weighted by atomic mass is 16.6. The average molecular weight is 378 g/mol. The fourth-order valence-electron chi connectivity index (χ4n) is 2.70. The topological polar surface area (TPSA) is 66.8 Å². The number of carbonyl (C=O) groups excluding carboxylic acids is 2. The second-order valence-corrected chi connectivity index (χ2v) is 9.27. The predicted octanol–water partition coefficient (Wildman–Crippen LogP) is 4.35. The van der Waals surface area contributed by atoms with Gasteiger partial charge < -0.3 is 14.7 Å². The molecule has 5 heteroatoms. The van der Waals surface area contributed by atoms with Crippen LogP contribution in [-0.2, 0) is 9.53 Å². The molecule has 0 spiro atoms. The molecule has 0 saturated heterocycles. The fourth-order valence-corrected chi connectivity index (χ4v) is 2.70. The van der Waals surface area contributed by atoms with Crippen molar-refractivity contribution in [1.82, 2.24) is 4.90 Å². The van der Waals surface area contributed by atoms with E-state index in [1.807, 2.05) is 55.4 Å². The van der Waals surface area contributed by atoms with E-state index >= 15 is 0 Å². The number of esters is 1. The van der Waals surface area contributed by atoms with Gasteiger partial charge in [0.2, 0.25) is 0 Å². The van der Waals surface area contributed by atoms with Crippen LogP contribution in [-0.4, -0.2) is 39.6 Å². The third-order valence-electron chi connectivity index (χ3n) is 4.15. The first-order valence-corrected chi connectivity index (χ1v) is 9.54. The van der Waals surface area contributed by atoms with Crippen molar-refractivity contribution in [2.24, 2.45) is 5.92 Å². The van der Waals surface area contributed by atoms with E-state index in [4.69, 9.17) is 4.74 Å². The van der Waals surface area contributed by atoms with Crippen LogP contribution in [0.2, 0.25) is 0 Å². The van der Waals surface area contributed by atoms with Gasteiger partial charge >= 0.3 is 5.97 Å². The molecule has 1 rings (SSSR count). The lowest BCUT2D eigenvalue weighted by molar-refractivity contribution is -0.155. The van der Waals surface area contributed by atoms with Crippen LogP contribution in [0.15, 0.2) is 24.3 Å². The van der Waals surface area contributed by atoms with Gasteiger partial charge in [0.1, 0.15) is 5.60 Å². The summed E-state index contributed by atoms with van der Waals surface area (Å²) in [6.45, 7) is 15.5. The largest absolute Gasteiger partial charge is 0.460 e. The van der Waals surface area contributed by atoms with Gasteiger partial charge in [-0.3, -0.25) is 9.59 Å². The summed E-state index contributed by atoms with van der Waals surface area (Å²) in [6.07, 6.45) is -0.412. The van der Waals surface area contributed by atoms with Crippen molar-refractivity contribution in [2.75, 3.05) is 6.54 Å². The van der Waals surface area contributed by atoms with E-state index in [0.717, 1.165) is 5.56 Å². The molecule has 1 amide bonds. The average Bonchev–Trinajstić information content (AvgIpc) is 2.51. The standard InChI is InChI=1S/C22H35NO4/c1-15(2)19(25)16-9-11-17(12-10-16)20(26)23(21(3,4)5)14-13-18(24)27-22(6,7)8/h9-12,15,19,25H,13-14H2,1-8H3/t19-/m0/s1. The van der Waals surface area contributed by atoms with Crippen molar-refractivity contribution < 1.29 is 19.4 Å². The number of hydrogen-bond donors (Lipinski definition) is 1. The van der Waals surface area contributed by atoms with E-state index in [2.05, 4.69) is 0 Å². The Kier molecular flexibility index (Phi) is 7.61. The summed E-state index contributed by atoms with van der Waals surface area (Å²) in [5, 5.41) is 10.2. The molecule has 0 radical (unpaired) electrons. The predicted molar refractivity (Wildman–Crippen MR) is 107 cm³/mol. The van der Waals surface area contributed by atoms with Crippen molar-refractivity contribution in [3.63, 3.8) is 0 Å². The molecular weight excluding hydrogens is 342 g/mol. The van der Waals surface area contributed by atoms with Gasteiger partial charge in [0.05, 0.1) is 12.5 Å². The number of aliphatic hydroxyl groups is 1. The first-order chi connectivity index (χ1) is 12.2. The van der Waals surface area contributed by atoms with Crippen LogP contribution in [0.25, 0.3) is 0 Å². The van der Waals surface area contributed by atoms with E-state index < -0.39 is 17.2 Å². The van der Waals surface area contributed by atoms with Crippen LogP contribution in [0.5, 0.6) is 0 Å². The first-order valence-electron chi connectivity index (χ1n) is 9.54. The van der Waals surface area contributed by atoms with E-state index in [-0.39, 0.29) is 30.8 Å². The molecule has 0 bridgehead atoms. The molecule has 0 aliphatic heterocycles. The van der Waals surface area contributed by atoms with E-state index in [9.17, 15) is 14.7 Å². The molecule has 0 saturated carbocycles. The van der Waals surface area contributed by atoms with Crippen molar-refractivity contribution in [3.05, 3.63) is 35.4 Å². The molecule has 0 fully saturated rings. The van der Waals surface area contributed by atoms with Gasteiger partial charge in [-0.2, -0.15) is 0 Å². The lowest BCUT2D eigenvalue weighted by atomic mass is 9.97. The number of hydrogen-bond acceptors (Lipinski definition) is 4. The second-order valence-electron chi connectivity index (χ2n) is 9.27. The Morgan fingerprint density at radius 1 is 1.04 bits per heavy atom. The monoisotopic (exact) mass is 377 g/mol. The van der Waals surface area contributed by atoms with Gasteiger partial charge in [-0.05, 0) is 65.2 Å². The number of benzene rings is 1. The summed E-state index contributed by atoms with van der Waals surface area (Å²) in [5.41, 5.74) is 0.349. The fraction of sp³-hybridized carbons (Fsp3) is 0.636. The Morgan fingerprint density at radius 2 is 1.56 bits per heavy atom. The number of ether oxygens (including phenoxy) is 1. The number of amides is 1. The minimum Gasteiger partial charge on any atom is -0.460 e. The van der Waals surface area contributed by atoms with Crippen molar-refractivity contribution in [2.45, 2.75) is 79.1 Å². The van der Waals surface area contributed by atoms with Crippen LogP contribution in [0.4, 0.5) is 0 Å². The maximum Gasteiger partial charge on any atom is 0.308 e. The molecule has 27 heavy (non-hydrogen) atoms. The number of nitrogens with zero attached hydrogens (tertiary/aromatic N) is 1. The zero-order valence-electron chi connectivity index (χ0n) is 18.0. The van der Waals surface area contributed by atoms with Gasteiger partial charge in [0, 0.05) is 17.6 Å². The maximum atomic E-state index is 13.0. The van der Waals surface area contributed by atoms with Gasteiger partial charge in [0.25, 0.3) is 5.91 Å². The maximum absolute atomic E-state index is 13.0. The van der Waals surface area contributed by atoms with Crippen LogP contribution < -0.4 is 0 Å². The van der Waals surface area contributed by atoms with Crippen molar-refractivity contribution in [1.29, 1.82) is 0 Å². The Morgan fingerprint density at radius 3 is 1.96 bits per heavy atom. The third-order valence-corrected chi connectivity index (χ3v) is 4.15. The van der Waals surface area contributed by atoms with Crippen molar-refractivity contribution in [3.8, 4) is 0 Å². The van der Waals surface area contributed by atoms with Crippen LogP contribution in [0.1, 0.15) is 83.8 Å². The van der Waals surface area contributed by atoms with E-state index in [1.165, 1.54) is 0 Å². The molecule has 0 aliphatic carbocycles. The molecule has 1 N–H and O–H groups in total. The van der Waals surface area contributed by atoms with E-state index in [1.54, 1.807) is 29.2 Å². The Labute approximate surface area is 163 Å². The zero-order chi connectivity index (χ0) is 21.0. The summed E-state index contributed by atoms with van der Waals surface area (Å²) in [6, 6.07) is 7.03. The molecule has 1 aromatic carbocycles. The molecule has 5 nitrogen and oxygen atoms in total. The van der Waals surface area contributed by atoms with Gasteiger partial charge in [-0.1, -0.05) is 26.0 Å². The van der Waals surface area contributed by atoms with E-state index in [0.29, 0.717) is 5.56 Å². The Hall–Kier alpha value is -1.88. The zero-order valence-corrected chi connectivity index (χ0v) is 18.0. The molecule has 0 aliphatic rings. The highest BCUT2D eigenvalue weighted by Gasteiger charge is 2.28. The number of carbonyl (C=O) groups is 2. The summed E-state index contributed by atoms with van der Waals surface area (Å²) in [7, 11) is 0. The molecule has 1 atom stereocenters. The highest BCUT2D eigenvalue weighted by molar-refractivity contribution is 5.95. The first kappa shape index (κ1) is 23.2. The molecule has 1 aromatic rings. The van der Waals surface area contributed by atoms with Crippen molar-refractivity contribution >= 4 is 11.9 Å². The summed E-state index contributed by atoms with van der Waals surface area (Å²) >= 11 is 0. The molecular formula is C22H35NO4. The molecule has 0 unspecified atom stereocenters. The van der Waals surface area contributed by atoms with Crippen LogP contribution in [0, 0.1) is 5.92 Å². The summed E-state index contributed by atoms with van der Waals surface area (Å²) < 4.78 is 5.35. The minimum atomic E-state index is -0.556. The van der Waals surface area contributed by atoms with Crippen LogP contribution in [0.3, 0.4) is 0 Å². The SMILES string of the molecule is CC(C)[C@H](O)c1ccc(C(=O)N(CCC(=O)OC(C)(C)C)C(C)(C)C)cc1. The quantitative estimate of drug-likeness (QED) is 0.749. The lowest BCUT2D eigenvalue weighted by Gasteiger charge is -2.36. The van der Waals surface area contributed by atoms with Gasteiger partial charge in [-0.25, -0.2) is 0 Å². The van der Waals surface area contributed by atoms with Crippen LogP contribution >= 0.6 is 0 Å². The minimum absolute atomic E-state index is 0.103. The molecule has 152 valence electrons.